The molecule has 0 aliphatic carbocycles. The van der Waals surface area contributed by atoms with Gasteiger partial charge in [0.15, 0.2) is 5.65 Å². The normalized spacial score (nSPS) is 20.1. The molecule has 3 aromatic rings. The first kappa shape index (κ1) is 23.6. The van der Waals surface area contributed by atoms with Crippen LogP contribution < -0.4 is 20.3 Å². The van der Waals surface area contributed by atoms with Crippen LogP contribution in [0.1, 0.15) is 17.2 Å². The zero-order chi connectivity index (χ0) is 25.9. The minimum absolute atomic E-state index is 0.0630. The summed E-state index contributed by atoms with van der Waals surface area (Å²) in [5.41, 5.74) is -3.26. The summed E-state index contributed by atoms with van der Waals surface area (Å²) in [5.74, 6) is -2.13. The van der Waals surface area contributed by atoms with Gasteiger partial charge in [-0.3, -0.25) is 10.1 Å². The van der Waals surface area contributed by atoms with Crippen LogP contribution in [0.4, 0.5) is 36.8 Å². The predicted molar refractivity (Wildman–Crippen MR) is 108 cm³/mol. The first-order chi connectivity index (χ1) is 16.9. The Balaban J connectivity index is 1.43. The van der Waals surface area contributed by atoms with Crippen LogP contribution >= 0.6 is 0 Å². The van der Waals surface area contributed by atoms with Gasteiger partial charge in [0.25, 0.3) is 0 Å². The molecule has 2 aliphatic rings. The van der Waals surface area contributed by atoms with Crippen LogP contribution in [-0.2, 0) is 11.0 Å². The fraction of sp³-hybridized carbons (Fsp3) is 0.350. The quantitative estimate of drug-likeness (QED) is 0.513. The van der Waals surface area contributed by atoms with Crippen molar-refractivity contribution in [2.75, 3.05) is 24.5 Å². The number of amides is 3. The molecule has 16 heteroatoms. The Bertz CT molecular complexity index is 1330. The lowest BCUT2D eigenvalue weighted by atomic mass is 9.91. The van der Waals surface area contributed by atoms with E-state index in [0.717, 1.165) is 6.07 Å². The van der Waals surface area contributed by atoms with Gasteiger partial charge in [-0.25, -0.2) is 19.3 Å². The number of hydrogen-bond acceptors (Lipinski definition) is 7. The molecular weight excluding hydrogens is 500 g/mol. The molecule has 0 bridgehead atoms. The molecule has 1 unspecified atom stereocenters. The molecule has 3 amide bonds. The van der Waals surface area contributed by atoms with E-state index < -0.39 is 60.3 Å². The van der Waals surface area contributed by atoms with Crippen molar-refractivity contribution < 1.29 is 40.7 Å². The third-order valence-electron chi connectivity index (χ3n) is 5.85. The SMILES string of the molecule is O=C1NCC(c2cc(N3CC(Oc4ccc(C(F)(F)F)cn4)(C(F)(F)F)C3)c3nccn3n2)C(=O)N1. The smallest absolute Gasteiger partial charge is 0.431 e. The first-order valence-corrected chi connectivity index (χ1v) is 10.3. The molecule has 2 aliphatic heterocycles. The van der Waals surface area contributed by atoms with Crippen LogP contribution in [0.25, 0.3) is 5.65 Å². The summed E-state index contributed by atoms with van der Waals surface area (Å²) in [4.78, 5) is 32.4. The lowest BCUT2D eigenvalue weighted by Gasteiger charge is -2.50. The van der Waals surface area contributed by atoms with Gasteiger partial charge in [-0.15, -0.1) is 0 Å². The number of rotatable bonds is 4. The van der Waals surface area contributed by atoms with Crippen molar-refractivity contribution in [1.82, 2.24) is 30.2 Å². The second-order valence-corrected chi connectivity index (χ2v) is 8.23. The van der Waals surface area contributed by atoms with Crippen LogP contribution in [0.2, 0.25) is 0 Å². The number of halogens is 6. The van der Waals surface area contributed by atoms with Gasteiger partial charge in [0, 0.05) is 31.2 Å². The van der Waals surface area contributed by atoms with Crippen molar-refractivity contribution in [1.29, 1.82) is 0 Å². The molecule has 2 fully saturated rings. The fourth-order valence-electron chi connectivity index (χ4n) is 3.94. The summed E-state index contributed by atoms with van der Waals surface area (Å²) < 4.78 is 86.7. The summed E-state index contributed by atoms with van der Waals surface area (Å²) in [7, 11) is 0. The van der Waals surface area contributed by atoms with Gasteiger partial charge in [-0.05, 0) is 12.1 Å². The highest BCUT2D eigenvalue weighted by Crippen LogP contribution is 2.44. The van der Waals surface area contributed by atoms with Crippen LogP contribution in [0.3, 0.4) is 0 Å². The van der Waals surface area contributed by atoms with Gasteiger partial charge in [0.05, 0.1) is 36.0 Å². The number of anilines is 1. The largest absolute Gasteiger partial charge is 0.457 e. The standard InChI is InChI=1S/C20H15F6N7O3/c21-19(22,23)10-1-2-14(28-6-10)36-18(20(24,25)26)8-32(9-18)13-5-12(31-33-4-3-27-15(13)33)11-7-29-17(35)30-16(11)34/h1-6,11H,7-9H2,(H2,29,30,34,35). The first-order valence-electron chi connectivity index (χ1n) is 10.3. The summed E-state index contributed by atoms with van der Waals surface area (Å²) in [6.07, 6.45) is -6.37. The molecule has 10 nitrogen and oxygen atoms in total. The Hall–Kier alpha value is -4.11. The number of urea groups is 1. The molecule has 1 atom stereocenters. The monoisotopic (exact) mass is 515 g/mol. The summed E-state index contributed by atoms with van der Waals surface area (Å²) in [6.45, 7) is -1.51. The lowest BCUT2D eigenvalue weighted by molar-refractivity contribution is -0.257. The topological polar surface area (TPSA) is 114 Å². The Morgan fingerprint density at radius 1 is 1.08 bits per heavy atom. The molecule has 0 radical (unpaired) electrons. The van der Waals surface area contributed by atoms with Crippen LogP contribution in [-0.4, -0.2) is 62.9 Å². The minimum atomic E-state index is -4.89. The molecule has 190 valence electrons. The number of aromatic nitrogens is 4. The maximum atomic E-state index is 14.0. The number of ether oxygens (including phenoxy) is 1. The zero-order valence-electron chi connectivity index (χ0n) is 17.9. The number of imidazole rings is 1. The number of carbonyl (C=O) groups excluding carboxylic acids is 2. The highest BCUT2D eigenvalue weighted by Gasteiger charge is 2.65. The Labute approximate surface area is 197 Å². The molecule has 5 heterocycles. The van der Waals surface area contributed by atoms with E-state index in [1.807, 2.05) is 0 Å². The van der Waals surface area contributed by atoms with E-state index in [9.17, 15) is 35.9 Å². The predicted octanol–water partition coefficient (Wildman–Crippen LogP) is 2.27. The second-order valence-electron chi connectivity index (χ2n) is 8.23. The average molecular weight is 515 g/mol. The van der Waals surface area contributed by atoms with E-state index >= 15 is 0 Å². The Kier molecular flexibility index (Phi) is 5.22. The van der Waals surface area contributed by atoms with Gasteiger partial charge in [-0.1, -0.05) is 0 Å². The molecule has 5 rings (SSSR count). The van der Waals surface area contributed by atoms with E-state index in [0.29, 0.717) is 12.3 Å². The van der Waals surface area contributed by atoms with Crippen molar-refractivity contribution in [2.45, 2.75) is 23.9 Å². The lowest BCUT2D eigenvalue weighted by Crippen LogP contribution is -2.72. The number of hydrogen-bond donors (Lipinski definition) is 2. The van der Waals surface area contributed by atoms with Gasteiger partial charge in [0.1, 0.15) is 0 Å². The maximum absolute atomic E-state index is 14.0. The van der Waals surface area contributed by atoms with Crippen LogP contribution in [0, 0.1) is 0 Å². The van der Waals surface area contributed by atoms with Crippen molar-refractivity contribution in [3.8, 4) is 5.88 Å². The number of carbonyl (C=O) groups is 2. The molecule has 3 aromatic heterocycles. The van der Waals surface area contributed by atoms with E-state index in [1.165, 1.54) is 27.9 Å². The second kappa shape index (κ2) is 7.96. The molecule has 2 saturated heterocycles. The van der Waals surface area contributed by atoms with Gasteiger partial charge < -0.3 is 15.0 Å². The van der Waals surface area contributed by atoms with Crippen molar-refractivity contribution in [3.63, 3.8) is 0 Å². The van der Waals surface area contributed by atoms with Crippen LogP contribution in [0.15, 0.2) is 36.8 Å². The van der Waals surface area contributed by atoms with Crippen molar-refractivity contribution in [3.05, 3.63) is 48.0 Å². The van der Waals surface area contributed by atoms with E-state index in [1.54, 1.807) is 0 Å². The average Bonchev–Trinajstić information content (AvgIpc) is 3.23. The third kappa shape index (κ3) is 4.01. The molecule has 36 heavy (non-hydrogen) atoms. The summed E-state index contributed by atoms with van der Waals surface area (Å²) in [5, 5.41) is 8.84. The minimum Gasteiger partial charge on any atom is -0.457 e. The molecule has 0 aromatic carbocycles. The van der Waals surface area contributed by atoms with Crippen molar-refractivity contribution in [2.24, 2.45) is 0 Å². The summed E-state index contributed by atoms with van der Waals surface area (Å²) >= 11 is 0. The number of nitrogens with zero attached hydrogens (tertiary/aromatic N) is 5. The summed E-state index contributed by atoms with van der Waals surface area (Å²) in [6, 6.07) is 2.04. The number of nitrogens with one attached hydrogen (secondary N) is 2. The van der Waals surface area contributed by atoms with Gasteiger partial charge >= 0.3 is 18.4 Å². The Morgan fingerprint density at radius 2 is 1.83 bits per heavy atom. The fourth-order valence-corrected chi connectivity index (χ4v) is 3.94. The highest BCUT2D eigenvalue weighted by molar-refractivity contribution is 6.00. The van der Waals surface area contributed by atoms with Crippen molar-refractivity contribution >= 4 is 23.3 Å². The number of fused-ring (bicyclic) bond motifs is 1. The van der Waals surface area contributed by atoms with Gasteiger partial charge in [-0.2, -0.15) is 31.4 Å². The number of alkyl halides is 6. The molecular formula is C20H15F6N7O3. The van der Waals surface area contributed by atoms with E-state index in [2.05, 4.69) is 25.7 Å². The third-order valence-corrected chi connectivity index (χ3v) is 5.85. The molecule has 2 N–H and O–H groups in total. The van der Waals surface area contributed by atoms with Crippen LogP contribution in [0.5, 0.6) is 5.88 Å². The molecule has 0 spiro atoms. The van der Waals surface area contributed by atoms with E-state index in [-0.39, 0.29) is 23.6 Å². The number of pyridine rings is 1. The zero-order valence-corrected chi connectivity index (χ0v) is 17.9. The highest BCUT2D eigenvalue weighted by atomic mass is 19.4. The maximum Gasteiger partial charge on any atom is 0.431 e. The van der Waals surface area contributed by atoms with E-state index in [4.69, 9.17) is 4.74 Å². The van der Waals surface area contributed by atoms with Gasteiger partial charge in [0.2, 0.25) is 17.4 Å². The molecule has 0 saturated carbocycles. The number of imide groups is 1. The Morgan fingerprint density at radius 3 is 2.44 bits per heavy atom.